The fraction of sp³-hybridized carbons (Fsp3) is 0.849. The van der Waals surface area contributed by atoms with E-state index in [2.05, 4.69) is 26.8 Å². The zero-order valence-electron chi connectivity index (χ0n) is 43.8. The van der Waals surface area contributed by atoms with E-state index in [1.165, 1.54) is 6.92 Å². The van der Waals surface area contributed by atoms with Gasteiger partial charge in [-0.15, -0.1) is 0 Å². The monoisotopic (exact) mass is 1020 g/mol. The van der Waals surface area contributed by atoms with Crippen molar-refractivity contribution in [2.45, 2.75) is 207 Å². The number of rotatable bonds is 13. The van der Waals surface area contributed by atoms with E-state index in [-0.39, 0.29) is 24.9 Å². The van der Waals surface area contributed by atoms with Gasteiger partial charge in [0.2, 0.25) is 0 Å². The highest BCUT2D eigenvalue weighted by atomic mass is 16.7. The summed E-state index contributed by atoms with van der Waals surface area (Å²) in [5.41, 5.74) is -3.36. The van der Waals surface area contributed by atoms with E-state index in [4.69, 9.17) is 33.2 Å². The minimum atomic E-state index is -1.97. The highest BCUT2D eigenvalue weighted by Crippen LogP contribution is 2.76. The first-order valence-electron chi connectivity index (χ1n) is 25.9. The third kappa shape index (κ3) is 8.98. The Morgan fingerprint density at radius 1 is 0.806 bits per heavy atom. The Morgan fingerprint density at radius 3 is 2.08 bits per heavy atom. The third-order valence-electron chi connectivity index (χ3n) is 19.8. The molecule has 19 heteroatoms. The van der Waals surface area contributed by atoms with Crippen molar-refractivity contribution in [3.63, 3.8) is 0 Å². The van der Waals surface area contributed by atoms with Crippen LogP contribution in [0.3, 0.4) is 0 Å². The number of hydrogen-bond acceptors (Lipinski definition) is 18. The number of ether oxygens (including phenoxy) is 7. The summed E-state index contributed by atoms with van der Waals surface area (Å²) >= 11 is 0. The lowest BCUT2D eigenvalue weighted by Crippen LogP contribution is -2.73. The summed E-state index contributed by atoms with van der Waals surface area (Å²) in [7, 11) is 0. The molecule has 5 aliphatic carbocycles. The summed E-state index contributed by atoms with van der Waals surface area (Å²) in [5.74, 6) is -4.47. The van der Waals surface area contributed by atoms with Crippen LogP contribution >= 0.6 is 0 Å². The predicted molar refractivity (Wildman–Crippen MR) is 254 cm³/mol. The summed E-state index contributed by atoms with van der Waals surface area (Å²) < 4.78 is 42.7. The Labute approximate surface area is 422 Å². The predicted octanol–water partition coefficient (Wildman–Crippen LogP) is 3.09. The van der Waals surface area contributed by atoms with Gasteiger partial charge in [0.15, 0.2) is 24.8 Å². The molecule has 13 unspecified atom stereocenters. The molecule has 8 N–H and O–H groups in total. The van der Waals surface area contributed by atoms with Gasteiger partial charge in [0.25, 0.3) is 0 Å². The minimum absolute atomic E-state index is 0.0197. The summed E-state index contributed by atoms with van der Waals surface area (Å²) in [6.07, 6.45) is -12.0. The number of carbonyl (C=O) groups excluding carboxylic acids is 3. The maximum atomic E-state index is 14.0. The second kappa shape index (κ2) is 20.5. The average Bonchev–Trinajstić information content (AvgIpc) is 3.32. The van der Waals surface area contributed by atoms with E-state index >= 15 is 0 Å². The first-order valence-corrected chi connectivity index (χ1v) is 25.9. The molecule has 7 rings (SSSR count). The van der Waals surface area contributed by atoms with Crippen LogP contribution in [0.1, 0.15) is 128 Å². The van der Waals surface area contributed by atoms with Crippen molar-refractivity contribution >= 4 is 23.9 Å². The van der Waals surface area contributed by atoms with Crippen LogP contribution in [0.25, 0.3) is 0 Å². The summed E-state index contributed by atoms with van der Waals surface area (Å²) in [4.78, 5) is 53.5. The molecule has 4 saturated carbocycles. The number of allylic oxidation sites excluding steroid dienone is 3. The van der Waals surface area contributed by atoms with E-state index in [0.717, 1.165) is 5.57 Å². The van der Waals surface area contributed by atoms with Crippen molar-refractivity contribution in [1.82, 2.24) is 0 Å². The number of carboxylic acid groups (broad SMARTS) is 1. The molecule has 19 nitrogen and oxygen atoms in total. The lowest BCUT2D eigenvalue weighted by Gasteiger charge is -2.72. The van der Waals surface area contributed by atoms with Crippen LogP contribution < -0.4 is 0 Å². The zero-order valence-corrected chi connectivity index (χ0v) is 43.8. The fourth-order valence-electron chi connectivity index (χ4n) is 15.0. The number of carboxylic acids is 1. The Bertz CT molecular complexity index is 2110. The summed E-state index contributed by atoms with van der Waals surface area (Å²) in [5, 5.41) is 87.3. The molecule has 0 bridgehead atoms. The molecular formula is C53H82O19. The molecule has 72 heavy (non-hydrogen) atoms. The normalized spacial score (nSPS) is 47.2. The van der Waals surface area contributed by atoms with Crippen LogP contribution in [0.2, 0.25) is 0 Å². The number of esters is 3. The minimum Gasteiger partial charge on any atom is -0.479 e. The van der Waals surface area contributed by atoms with Crippen molar-refractivity contribution in [3.05, 3.63) is 23.3 Å². The molecule has 408 valence electrons. The van der Waals surface area contributed by atoms with Crippen LogP contribution in [0.4, 0.5) is 0 Å². The van der Waals surface area contributed by atoms with Gasteiger partial charge in [0.1, 0.15) is 48.8 Å². The molecule has 0 aromatic heterocycles. The second-order valence-electron chi connectivity index (χ2n) is 24.0. The van der Waals surface area contributed by atoms with Gasteiger partial charge < -0.3 is 74.0 Å². The highest BCUT2D eigenvalue weighted by molar-refractivity contribution is 5.88. The third-order valence-corrected chi connectivity index (χ3v) is 19.8. The molecule has 22 atom stereocenters. The van der Waals surface area contributed by atoms with Gasteiger partial charge in [-0.25, -0.2) is 9.59 Å². The number of aliphatic hydroxyl groups is 7. The second-order valence-corrected chi connectivity index (χ2v) is 24.0. The Balaban J connectivity index is 1.24. The van der Waals surface area contributed by atoms with Crippen LogP contribution in [-0.4, -0.2) is 164 Å². The van der Waals surface area contributed by atoms with Crippen LogP contribution in [0, 0.1) is 56.2 Å². The highest BCUT2D eigenvalue weighted by Gasteiger charge is 2.75. The molecule has 0 spiro atoms. The Morgan fingerprint density at radius 2 is 1.49 bits per heavy atom. The molecule has 0 aromatic carbocycles. The molecule has 0 amide bonds. The molecular weight excluding hydrogens is 941 g/mol. The lowest BCUT2D eigenvalue weighted by molar-refractivity contribution is -0.358. The van der Waals surface area contributed by atoms with E-state index in [9.17, 15) is 60.0 Å². The van der Waals surface area contributed by atoms with Crippen molar-refractivity contribution in [2.24, 2.45) is 56.2 Å². The molecule has 2 aliphatic heterocycles. The van der Waals surface area contributed by atoms with Gasteiger partial charge in [-0.2, -0.15) is 0 Å². The van der Waals surface area contributed by atoms with Crippen molar-refractivity contribution in [3.8, 4) is 0 Å². The van der Waals surface area contributed by atoms with Crippen LogP contribution in [-0.2, 0) is 52.3 Å². The average molecular weight is 1020 g/mol. The van der Waals surface area contributed by atoms with E-state index in [1.54, 1.807) is 26.8 Å². The number of fused-ring (bicyclic) bond motifs is 7. The molecule has 7 aliphatic rings. The topological polar surface area (TPSA) is 295 Å². The fourth-order valence-corrected chi connectivity index (χ4v) is 15.0. The number of aliphatic hydroxyl groups excluding tert-OH is 7. The van der Waals surface area contributed by atoms with E-state index in [1.807, 2.05) is 27.7 Å². The van der Waals surface area contributed by atoms with Gasteiger partial charge in [-0.1, -0.05) is 73.1 Å². The van der Waals surface area contributed by atoms with Gasteiger partial charge >= 0.3 is 23.9 Å². The molecule has 0 radical (unpaired) electrons. The number of carbonyl (C=O) groups is 4. The summed E-state index contributed by atoms with van der Waals surface area (Å²) in [6, 6.07) is 0. The van der Waals surface area contributed by atoms with Crippen molar-refractivity contribution in [2.75, 3.05) is 19.8 Å². The molecule has 6 fully saturated rings. The standard InChI is InChI=1S/C53H82O19/c1-12-25(3)44(64)71-41-42(72-45(65)26(4)13-2)53(24-55)29(20-48(41,6)7)28-14-15-32-49(8)18-17-33(50(9,23-54)31(49)16-19-51(32,10)52(28,11)21-34(53)67-27(5)56)68-47-38(61)39(37(60)40(70-47)43(62)63)69-46-36(59)35(58)30(57)22-66-46/h12,14,26,29-42,46-47,54-55,57-61H,13,15-24H2,1-11H3,(H,62,63)/b25-12-/t26?,29-,30?,31?,32?,33?,34+,35?,36?,37?,38?,39?,40?,41-,42-,46?,47?,49-,50-,51+,52+,53-/m0/s1. The number of hydrogen-bond donors (Lipinski definition) is 8. The Kier molecular flexibility index (Phi) is 16.1. The molecule has 0 aromatic rings. The van der Waals surface area contributed by atoms with Crippen LogP contribution in [0.15, 0.2) is 23.3 Å². The van der Waals surface area contributed by atoms with E-state index in [0.29, 0.717) is 50.5 Å². The largest absolute Gasteiger partial charge is 0.479 e. The van der Waals surface area contributed by atoms with Crippen LogP contribution in [0.5, 0.6) is 0 Å². The zero-order chi connectivity index (χ0) is 53.4. The first kappa shape index (κ1) is 56.6. The van der Waals surface area contributed by atoms with Gasteiger partial charge in [-0.05, 0) is 99.2 Å². The lowest BCUT2D eigenvalue weighted by atomic mass is 9.33. The van der Waals surface area contributed by atoms with Gasteiger partial charge in [-0.3, -0.25) is 9.59 Å². The Hall–Kier alpha value is -3.08. The van der Waals surface area contributed by atoms with Crippen molar-refractivity contribution in [1.29, 1.82) is 0 Å². The maximum absolute atomic E-state index is 14.0. The molecule has 2 heterocycles. The first-order chi connectivity index (χ1) is 33.6. The van der Waals surface area contributed by atoms with E-state index < -0.39 is 161 Å². The van der Waals surface area contributed by atoms with Crippen molar-refractivity contribution < 1.29 is 93.2 Å². The SMILES string of the molecule is C/C=C(/C)C(=O)O[C@H]1[C@H](OC(=O)C(C)CC)[C@]2(CO)[C@H](OC(C)=O)C[C@]3(C)C(=CCC4[C@@]5(C)CCC(OC6OC(C(=O)O)C(O)C(OC7OCC(O)C(O)C7O)C6O)[C@@](C)(CO)C5CC[C@]43C)[C@@H]2CC1(C)C. The molecule has 2 saturated heterocycles. The van der Waals surface area contributed by atoms with Gasteiger partial charge in [0, 0.05) is 23.3 Å². The quantitative estimate of drug-likeness (QED) is 0.0432. The maximum Gasteiger partial charge on any atom is 0.335 e. The summed E-state index contributed by atoms with van der Waals surface area (Å²) in [6.45, 7) is 19.6. The van der Waals surface area contributed by atoms with Gasteiger partial charge in [0.05, 0.1) is 37.3 Å². The smallest absolute Gasteiger partial charge is 0.335 e. The number of aliphatic carboxylic acids is 1.